The van der Waals surface area contributed by atoms with Gasteiger partial charge in [0.05, 0.1) is 5.75 Å². The van der Waals surface area contributed by atoms with Crippen molar-refractivity contribution >= 4 is 21.6 Å². The second-order valence-electron chi connectivity index (χ2n) is 6.66. The summed E-state index contributed by atoms with van der Waals surface area (Å²) in [6, 6.07) is 6.68. The number of carbonyl (C=O) groups excluding carboxylic acids is 1. The summed E-state index contributed by atoms with van der Waals surface area (Å²) in [6.45, 7) is 4.05. The molecule has 122 valence electrons. The van der Waals surface area contributed by atoms with Crippen molar-refractivity contribution in [1.29, 1.82) is 0 Å². The molecule has 0 saturated heterocycles. The first-order valence-corrected chi connectivity index (χ1v) is 9.58. The molecule has 1 aromatic carbocycles. The van der Waals surface area contributed by atoms with Gasteiger partial charge in [0.2, 0.25) is 0 Å². The molecule has 1 aliphatic rings. The highest BCUT2D eigenvalue weighted by molar-refractivity contribution is 7.89. The lowest BCUT2D eigenvalue weighted by Crippen LogP contribution is -2.52. The van der Waals surface area contributed by atoms with E-state index in [2.05, 4.69) is 10.6 Å². The topological polar surface area (TPSA) is 75.3 Å². The number of benzene rings is 1. The van der Waals surface area contributed by atoms with E-state index in [1.807, 2.05) is 13.8 Å². The largest absolute Gasteiger partial charge is 0.333 e. The minimum absolute atomic E-state index is 0.0878. The number of urea groups is 1. The van der Waals surface area contributed by atoms with Crippen LogP contribution in [0.3, 0.4) is 0 Å². The van der Waals surface area contributed by atoms with E-state index in [9.17, 15) is 13.2 Å². The van der Waals surface area contributed by atoms with Crippen molar-refractivity contribution in [2.24, 2.45) is 5.92 Å². The van der Waals surface area contributed by atoms with Crippen LogP contribution in [0.1, 0.15) is 38.7 Å². The number of nitrogens with one attached hydrogen (secondary N) is 2. The molecule has 5 nitrogen and oxygen atoms in total. The molecular weight excluding hydrogens is 300 g/mol. The molecule has 1 aromatic rings. The molecule has 0 unspecified atom stereocenters. The highest BCUT2D eigenvalue weighted by atomic mass is 32.2. The third-order valence-electron chi connectivity index (χ3n) is 4.24. The average molecular weight is 324 g/mol. The number of rotatable bonds is 5. The average Bonchev–Trinajstić information content (AvgIpc) is 2.25. The van der Waals surface area contributed by atoms with Gasteiger partial charge in [0, 0.05) is 17.5 Å². The van der Waals surface area contributed by atoms with Gasteiger partial charge in [0.25, 0.3) is 0 Å². The summed E-state index contributed by atoms with van der Waals surface area (Å²) in [6.07, 6.45) is 4.67. The van der Waals surface area contributed by atoms with E-state index in [0.717, 1.165) is 12.8 Å². The Morgan fingerprint density at radius 3 is 2.45 bits per heavy atom. The molecule has 1 fully saturated rings. The van der Waals surface area contributed by atoms with Gasteiger partial charge in [-0.15, -0.1) is 0 Å². The summed E-state index contributed by atoms with van der Waals surface area (Å²) < 4.78 is 22.9. The van der Waals surface area contributed by atoms with Crippen LogP contribution in [0.25, 0.3) is 0 Å². The molecule has 2 N–H and O–H groups in total. The van der Waals surface area contributed by atoms with Crippen molar-refractivity contribution in [3.05, 3.63) is 29.8 Å². The zero-order valence-corrected chi connectivity index (χ0v) is 14.2. The summed E-state index contributed by atoms with van der Waals surface area (Å²) in [5.41, 5.74) is 0.880. The Kier molecular flexibility index (Phi) is 4.80. The van der Waals surface area contributed by atoms with E-state index in [1.54, 1.807) is 24.3 Å². The highest BCUT2D eigenvalue weighted by Crippen LogP contribution is 2.35. The lowest BCUT2D eigenvalue weighted by molar-refractivity contribution is 0.163. The van der Waals surface area contributed by atoms with Crippen molar-refractivity contribution in [1.82, 2.24) is 5.32 Å². The molecule has 0 heterocycles. The first kappa shape index (κ1) is 16.8. The molecule has 0 atom stereocenters. The maximum Gasteiger partial charge on any atom is 0.319 e. The predicted molar refractivity (Wildman–Crippen MR) is 88.6 cm³/mol. The first-order valence-electron chi connectivity index (χ1n) is 7.52. The molecule has 1 saturated carbocycles. The van der Waals surface area contributed by atoms with E-state index in [1.165, 1.54) is 12.7 Å². The molecule has 0 bridgehead atoms. The van der Waals surface area contributed by atoms with Gasteiger partial charge in [-0.05, 0) is 44.2 Å². The summed E-state index contributed by atoms with van der Waals surface area (Å²) >= 11 is 0. The maximum absolute atomic E-state index is 12.2. The van der Waals surface area contributed by atoms with Crippen LogP contribution in [0, 0.1) is 5.92 Å². The first-order chi connectivity index (χ1) is 10.2. The maximum atomic E-state index is 12.2. The second kappa shape index (κ2) is 6.28. The Morgan fingerprint density at radius 1 is 1.27 bits per heavy atom. The van der Waals surface area contributed by atoms with Gasteiger partial charge >= 0.3 is 6.03 Å². The molecular formula is C16H24N2O3S. The number of anilines is 1. The highest BCUT2D eigenvalue weighted by Gasteiger charge is 2.35. The SMILES string of the molecule is CC(C)(NC(=O)Nc1ccccc1CS(C)(=O)=O)C1CCC1. The van der Waals surface area contributed by atoms with Crippen molar-refractivity contribution in [2.75, 3.05) is 11.6 Å². The predicted octanol–water partition coefficient (Wildman–Crippen LogP) is 2.93. The Hall–Kier alpha value is -1.56. The number of carbonyl (C=O) groups is 1. The van der Waals surface area contributed by atoms with Crippen LogP contribution < -0.4 is 10.6 Å². The van der Waals surface area contributed by atoms with Gasteiger partial charge in [0.1, 0.15) is 0 Å². The third kappa shape index (κ3) is 4.47. The Bertz CT molecular complexity index is 649. The second-order valence-corrected chi connectivity index (χ2v) is 8.80. The van der Waals surface area contributed by atoms with E-state index < -0.39 is 9.84 Å². The molecule has 0 radical (unpaired) electrons. The number of amides is 2. The summed E-state index contributed by atoms with van der Waals surface area (Å²) in [7, 11) is -3.15. The van der Waals surface area contributed by atoms with Gasteiger partial charge in [-0.1, -0.05) is 24.6 Å². The van der Waals surface area contributed by atoms with Crippen molar-refractivity contribution in [2.45, 2.75) is 44.4 Å². The molecule has 0 aromatic heterocycles. The van der Waals surface area contributed by atoms with Crippen LogP contribution in [-0.2, 0) is 15.6 Å². The van der Waals surface area contributed by atoms with E-state index in [0.29, 0.717) is 17.2 Å². The van der Waals surface area contributed by atoms with Gasteiger partial charge in [-0.3, -0.25) is 0 Å². The minimum atomic E-state index is -3.15. The molecule has 0 spiro atoms. The van der Waals surface area contributed by atoms with E-state index in [4.69, 9.17) is 0 Å². The fraction of sp³-hybridized carbons (Fsp3) is 0.562. The Morgan fingerprint density at radius 2 is 1.91 bits per heavy atom. The number of hydrogen-bond donors (Lipinski definition) is 2. The summed E-state index contributed by atoms with van der Waals surface area (Å²) in [4.78, 5) is 12.2. The molecule has 0 aliphatic heterocycles. The standard InChI is InChI=1S/C16H24N2O3S/c1-16(2,13-8-6-9-13)18-15(19)17-14-10-5-4-7-12(14)11-22(3,20)21/h4-5,7,10,13H,6,8-9,11H2,1-3H3,(H2,17,18,19). The third-order valence-corrected chi connectivity index (χ3v) is 5.08. The van der Waals surface area contributed by atoms with Gasteiger partial charge < -0.3 is 10.6 Å². The van der Waals surface area contributed by atoms with Gasteiger partial charge in [0.15, 0.2) is 9.84 Å². The zero-order valence-electron chi connectivity index (χ0n) is 13.3. The van der Waals surface area contributed by atoms with E-state index in [-0.39, 0.29) is 17.3 Å². The smallest absolute Gasteiger partial charge is 0.319 e. The van der Waals surface area contributed by atoms with Crippen LogP contribution in [0.2, 0.25) is 0 Å². The van der Waals surface area contributed by atoms with Crippen LogP contribution in [0.15, 0.2) is 24.3 Å². The van der Waals surface area contributed by atoms with Crippen LogP contribution in [0.4, 0.5) is 10.5 Å². The zero-order chi connectivity index (χ0) is 16.4. The van der Waals surface area contributed by atoms with Crippen molar-refractivity contribution in [3.8, 4) is 0 Å². The van der Waals surface area contributed by atoms with Gasteiger partial charge in [-0.2, -0.15) is 0 Å². The van der Waals surface area contributed by atoms with Crippen molar-refractivity contribution < 1.29 is 13.2 Å². The van der Waals surface area contributed by atoms with Crippen molar-refractivity contribution in [3.63, 3.8) is 0 Å². The summed E-state index contributed by atoms with van der Waals surface area (Å²) in [5.74, 6) is 0.416. The fourth-order valence-electron chi connectivity index (χ4n) is 2.73. The lowest BCUT2D eigenvalue weighted by atomic mass is 9.73. The monoisotopic (exact) mass is 324 g/mol. The molecule has 22 heavy (non-hydrogen) atoms. The normalized spacial score (nSPS) is 16.0. The lowest BCUT2D eigenvalue weighted by Gasteiger charge is -2.40. The van der Waals surface area contributed by atoms with E-state index >= 15 is 0 Å². The van der Waals surface area contributed by atoms with Crippen LogP contribution in [0.5, 0.6) is 0 Å². The molecule has 1 aliphatic carbocycles. The number of sulfone groups is 1. The Labute approximate surface area is 132 Å². The van der Waals surface area contributed by atoms with Crippen LogP contribution >= 0.6 is 0 Å². The number of hydrogen-bond acceptors (Lipinski definition) is 3. The molecule has 6 heteroatoms. The minimum Gasteiger partial charge on any atom is -0.333 e. The Balaban J connectivity index is 2.05. The van der Waals surface area contributed by atoms with Gasteiger partial charge in [-0.25, -0.2) is 13.2 Å². The van der Waals surface area contributed by atoms with Crippen LogP contribution in [-0.4, -0.2) is 26.2 Å². The quantitative estimate of drug-likeness (QED) is 0.874. The fourth-order valence-corrected chi connectivity index (χ4v) is 3.55. The molecule has 2 amide bonds. The number of para-hydroxylation sites is 1. The summed E-state index contributed by atoms with van der Waals surface area (Å²) in [5, 5.41) is 5.78. The molecule has 2 rings (SSSR count).